The van der Waals surface area contributed by atoms with Gasteiger partial charge in [-0.1, -0.05) is 43.1 Å². The first-order valence-electron chi connectivity index (χ1n) is 9.97. The number of ketones is 1. The highest BCUT2D eigenvalue weighted by Gasteiger charge is 2.36. The van der Waals surface area contributed by atoms with Crippen molar-refractivity contribution in [3.63, 3.8) is 0 Å². The molecule has 158 valence electrons. The highest BCUT2D eigenvalue weighted by atomic mass is 35.5. The normalized spacial score (nSPS) is 16.6. The Bertz CT molecular complexity index is 1430. The van der Waals surface area contributed by atoms with Crippen molar-refractivity contribution in [3.05, 3.63) is 56.7 Å². The van der Waals surface area contributed by atoms with Gasteiger partial charge in [0.25, 0.3) is 0 Å². The molecule has 0 radical (unpaired) electrons. The lowest BCUT2D eigenvalue weighted by Gasteiger charge is -2.29. The van der Waals surface area contributed by atoms with E-state index < -0.39 is 0 Å². The number of aromatic amines is 1. The number of thiazole rings is 1. The number of aliphatic hydroxyl groups excluding tert-OH is 1. The molecule has 0 amide bonds. The summed E-state index contributed by atoms with van der Waals surface area (Å²) in [4.78, 5) is 21.5. The van der Waals surface area contributed by atoms with Crippen LogP contribution in [0.1, 0.15) is 37.3 Å². The van der Waals surface area contributed by atoms with Gasteiger partial charge in [-0.05, 0) is 36.6 Å². The number of Topliss-reactive ketones (excluding diaryl/α,β-unsaturated/α-hetero) is 1. The molecule has 0 saturated carbocycles. The molecule has 2 heterocycles. The van der Waals surface area contributed by atoms with Crippen molar-refractivity contribution in [1.29, 1.82) is 0 Å². The average Bonchev–Trinajstić information content (AvgIpc) is 3.22. The molecule has 0 unspecified atom stereocenters. The lowest BCUT2D eigenvalue weighted by molar-refractivity contribution is -0.116. The molecule has 0 bridgehead atoms. The molecule has 2 aromatic carbocycles. The molecule has 4 aromatic rings. The van der Waals surface area contributed by atoms with Gasteiger partial charge in [-0.25, -0.2) is 4.98 Å². The number of aliphatic hydroxyl groups is 1. The first-order valence-corrected chi connectivity index (χ1v) is 11.5. The van der Waals surface area contributed by atoms with E-state index in [9.17, 15) is 9.90 Å². The van der Waals surface area contributed by atoms with Crippen LogP contribution in [0.5, 0.6) is 0 Å². The van der Waals surface area contributed by atoms with Gasteiger partial charge in [0, 0.05) is 34.9 Å². The second-order valence-corrected chi connectivity index (χ2v) is 10.9. The molecule has 0 aliphatic heterocycles. The maximum Gasteiger partial charge on any atom is 0.167 e. The Hall–Kier alpha value is -2.34. The Morgan fingerprint density at radius 2 is 1.90 bits per heavy atom. The number of rotatable bonds is 2. The largest absolute Gasteiger partial charge is 0.512 e. The number of benzene rings is 2. The van der Waals surface area contributed by atoms with E-state index in [1.807, 2.05) is 39.0 Å². The zero-order valence-corrected chi connectivity index (χ0v) is 19.6. The smallest absolute Gasteiger partial charge is 0.167 e. The first-order chi connectivity index (χ1) is 14.6. The molecule has 0 saturated heterocycles. The van der Waals surface area contributed by atoms with Crippen molar-refractivity contribution in [3.8, 4) is 11.3 Å². The predicted octanol–water partition coefficient (Wildman–Crippen LogP) is 7.72. The van der Waals surface area contributed by atoms with Gasteiger partial charge in [-0.15, -0.1) is 11.3 Å². The summed E-state index contributed by atoms with van der Waals surface area (Å²) in [5, 5.41) is 13.7. The Morgan fingerprint density at radius 1 is 1.13 bits per heavy atom. The lowest BCUT2D eigenvalue weighted by atomic mass is 9.74. The number of hydrogen-bond acceptors (Lipinski definition) is 4. The Kier molecular flexibility index (Phi) is 4.70. The van der Waals surface area contributed by atoms with Crippen LogP contribution in [0, 0.1) is 12.3 Å². The van der Waals surface area contributed by atoms with E-state index in [1.165, 1.54) is 0 Å². The highest BCUT2D eigenvalue weighted by Crippen LogP contribution is 2.46. The van der Waals surface area contributed by atoms with E-state index in [1.54, 1.807) is 23.5 Å². The zero-order chi connectivity index (χ0) is 22.1. The van der Waals surface area contributed by atoms with Crippen LogP contribution < -0.4 is 0 Å². The standard InChI is InChI=1S/C24H20Cl2N2O2S/c1-11-27-23-18(31-11)7-6-15-19(23)21(20-16(29)9-24(2,3)10-17(20)30)22(28-15)12-4-5-13(25)14(26)8-12/h4-8,28-29H,9-10H2,1-3H3. The van der Waals surface area contributed by atoms with Gasteiger partial charge in [0.2, 0.25) is 0 Å². The van der Waals surface area contributed by atoms with E-state index in [4.69, 9.17) is 28.2 Å². The summed E-state index contributed by atoms with van der Waals surface area (Å²) >= 11 is 14.1. The molecule has 5 rings (SSSR count). The fraction of sp³-hybridized carbons (Fsp3) is 0.250. The van der Waals surface area contributed by atoms with Crippen LogP contribution in [0.3, 0.4) is 0 Å². The molecule has 31 heavy (non-hydrogen) atoms. The van der Waals surface area contributed by atoms with Gasteiger partial charge in [0.05, 0.1) is 36.5 Å². The second-order valence-electron chi connectivity index (χ2n) is 8.83. The van der Waals surface area contributed by atoms with Crippen molar-refractivity contribution in [2.45, 2.75) is 33.6 Å². The SMILES string of the molecule is Cc1nc2c(ccc3[nH]c(-c4ccc(Cl)c(Cl)c4)c(C4=C(O)CC(C)(C)CC4=O)c32)s1. The van der Waals surface area contributed by atoms with Gasteiger partial charge >= 0.3 is 0 Å². The van der Waals surface area contributed by atoms with Crippen molar-refractivity contribution in [2.24, 2.45) is 5.41 Å². The van der Waals surface area contributed by atoms with Crippen LogP contribution in [0.2, 0.25) is 10.0 Å². The molecule has 1 aliphatic rings. The quantitative estimate of drug-likeness (QED) is 0.315. The molecule has 2 aromatic heterocycles. The number of carbonyl (C=O) groups excluding carboxylic acids is 1. The minimum atomic E-state index is -0.285. The molecule has 0 spiro atoms. The van der Waals surface area contributed by atoms with Crippen molar-refractivity contribution < 1.29 is 9.90 Å². The first kappa shape index (κ1) is 20.6. The van der Waals surface area contributed by atoms with E-state index in [0.29, 0.717) is 34.0 Å². The third-order valence-corrected chi connectivity index (χ3v) is 7.41. The fourth-order valence-electron chi connectivity index (χ4n) is 4.47. The molecule has 2 N–H and O–H groups in total. The van der Waals surface area contributed by atoms with Crippen molar-refractivity contribution in [1.82, 2.24) is 9.97 Å². The van der Waals surface area contributed by atoms with E-state index in [2.05, 4.69) is 4.98 Å². The molecule has 0 atom stereocenters. The van der Waals surface area contributed by atoms with Crippen LogP contribution in [0.4, 0.5) is 0 Å². The van der Waals surface area contributed by atoms with E-state index >= 15 is 0 Å². The van der Waals surface area contributed by atoms with Gasteiger partial charge in [-0.2, -0.15) is 0 Å². The summed E-state index contributed by atoms with van der Waals surface area (Å²) < 4.78 is 1.04. The van der Waals surface area contributed by atoms with Gasteiger partial charge in [0.1, 0.15) is 5.76 Å². The van der Waals surface area contributed by atoms with Gasteiger partial charge in [0.15, 0.2) is 5.78 Å². The summed E-state index contributed by atoms with van der Waals surface area (Å²) in [6.07, 6.45) is 0.805. The number of H-pyrrole nitrogens is 1. The Labute approximate surface area is 193 Å². The number of nitrogens with one attached hydrogen (secondary N) is 1. The highest BCUT2D eigenvalue weighted by molar-refractivity contribution is 7.18. The van der Waals surface area contributed by atoms with Crippen LogP contribution >= 0.6 is 34.5 Å². The summed E-state index contributed by atoms with van der Waals surface area (Å²) in [5.41, 5.74) is 3.96. The summed E-state index contributed by atoms with van der Waals surface area (Å²) in [5.74, 6) is 0.0485. The number of aryl methyl sites for hydroxylation is 1. The Morgan fingerprint density at radius 3 is 2.61 bits per heavy atom. The summed E-state index contributed by atoms with van der Waals surface area (Å²) in [6.45, 7) is 5.96. The molecule has 0 fully saturated rings. The Balaban J connectivity index is 1.91. The number of hydrogen-bond donors (Lipinski definition) is 2. The topological polar surface area (TPSA) is 66.0 Å². The average molecular weight is 471 g/mol. The molecular formula is C24H20Cl2N2O2S. The van der Waals surface area contributed by atoms with E-state index in [0.717, 1.165) is 37.4 Å². The van der Waals surface area contributed by atoms with Crippen LogP contribution in [-0.2, 0) is 4.79 Å². The van der Waals surface area contributed by atoms with Crippen molar-refractivity contribution >= 4 is 67.0 Å². The molecule has 4 nitrogen and oxygen atoms in total. The maximum atomic E-state index is 13.3. The third-order valence-electron chi connectivity index (χ3n) is 5.74. The van der Waals surface area contributed by atoms with Crippen molar-refractivity contribution in [2.75, 3.05) is 0 Å². The number of halogens is 2. The number of aromatic nitrogens is 2. The molecule has 1 aliphatic carbocycles. The maximum absolute atomic E-state index is 13.3. The monoisotopic (exact) mass is 470 g/mol. The minimum absolute atomic E-state index is 0.0695. The predicted molar refractivity (Wildman–Crippen MR) is 129 cm³/mol. The summed E-state index contributed by atoms with van der Waals surface area (Å²) in [6, 6.07) is 9.39. The third kappa shape index (κ3) is 3.36. The number of allylic oxidation sites excluding steroid dienone is 2. The van der Waals surface area contributed by atoms with Crippen LogP contribution in [0.15, 0.2) is 36.1 Å². The van der Waals surface area contributed by atoms with Crippen LogP contribution in [0.25, 0.3) is 38.0 Å². The second kappa shape index (κ2) is 7.09. The summed E-state index contributed by atoms with van der Waals surface area (Å²) in [7, 11) is 0. The fourth-order valence-corrected chi connectivity index (χ4v) is 5.61. The van der Waals surface area contributed by atoms with E-state index in [-0.39, 0.29) is 17.0 Å². The van der Waals surface area contributed by atoms with Crippen LogP contribution in [-0.4, -0.2) is 20.9 Å². The number of fused-ring (bicyclic) bond motifs is 3. The zero-order valence-electron chi connectivity index (χ0n) is 17.3. The molecule has 7 heteroatoms. The minimum Gasteiger partial charge on any atom is -0.512 e. The molecular weight excluding hydrogens is 451 g/mol. The lowest BCUT2D eigenvalue weighted by Crippen LogP contribution is -2.25. The van der Waals surface area contributed by atoms with Gasteiger partial charge < -0.3 is 10.1 Å². The number of nitrogens with zero attached hydrogens (tertiary/aromatic N) is 1. The number of carbonyl (C=O) groups is 1. The van der Waals surface area contributed by atoms with Gasteiger partial charge in [-0.3, -0.25) is 4.79 Å².